The number of nitriles is 1. The van der Waals surface area contributed by atoms with E-state index in [1.807, 2.05) is 0 Å². The Kier molecular flexibility index (Phi) is 3.67. The summed E-state index contributed by atoms with van der Waals surface area (Å²) in [5.74, 6) is 3.29. The van der Waals surface area contributed by atoms with Crippen LogP contribution in [0.1, 0.15) is 16.1 Å². The van der Waals surface area contributed by atoms with Crippen LogP contribution in [0.2, 0.25) is 0 Å². The highest BCUT2D eigenvalue weighted by atomic mass is 32.2. The van der Waals surface area contributed by atoms with E-state index in [0.29, 0.717) is 5.16 Å². The lowest BCUT2D eigenvalue weighted by molar-refractivity contribution is 0.0689. The number of hydrogen-bond donors (Lipinski definition) is 1. The lowest BCUT2D eigenvalue weighted by Gasteiger charge is -1.99. The Hall–Kier alpha value is -2.05. The van der Waals surface area contributed by atoms with Crippen molar-refractivity contribution in [3.8, 4) is 17.9 Å². The predicted molar refractivity (Wildman–Crippen MR) is 53.3 cm³/mol. The van der Waals surface area contributed by atoms with E-state index in [9.17, 15) is 4.79 Å². The van der Waals surface area contributed by atoms with Gasteiger partial charge in [-0.2, -0.15) is 5.26 Å². The van der Waals surface area contributed by atoms with E-state index in [1.165, 1.54) is 18.0 Å². The molecule has 0 atom stereocenters. The number of nitrogens with zero attached hydrogens (tertiary/aromatic N) is 3. The van der Waals surface area contributed by atoms with Crippen LogP contribution < -0.4 is 0 Å². The molecule has 0 unspecified atom stereocenters. The molecule has 0 saturated carbocycles. The van der Waals surface area contributed by atoms with Crippen LogP contribution in [0, 0.1) is 23.2 Å². The summed E-state index contributed by atoms with van der Waals surface area (Å²) in [4.78, 5) is 18.5. The summed E-state index contributed by atoms with van der Waals surface area (Å²) in [5, 5.41) is 17.4. The molecule has 1 N–H and O–H groups in total. The van der Waals surface area contributed by atoms with E-state index in [2.05, 4.69) is 21.8 Å². The fraction of sp³-hybridized carbons (Fsp3) is 0.111. The topological polar surface area (TPSA) is 86.9 Å². The van der Waals surface area contributed by atoms with Gasteiger partial charge < -0.3 is 5.11 Å². The van der Waals surface area contributed by atoms with Crippen molar-refractivity contribution in [2.24, 2.45) is 0 Å². The quantitative estimate of drug-likeness (QED) is 0.449. The van der Waals surface area contributed by atoms with Gasteiger partial charge in [0, 0.05) is 12.1 Å². The van der Waals surface area contributed by atoms with E-state index < -0.39 is 5.97 Å². The zero-order valence-corrected chi connectivity index (χ0v) is 8.50. The largest absolute Gasteiger partial charge is 0.476 e. The fourth-order valence-electron chi connectivity index (χ4n) is 0.814. The highest BCUT2D eigenvalue weighted by Gasteiger charge is 2.12. The van der Waals surface area contributed by atoms with Gasteiger partial charge in [0.05, 0.1) is 5.56 Å². The molecule has 0 radical (unpaired) electrons. The number of aromatic carboxylic acids is 1. The van der Waals surface area contributed by atoms with E-state index >= 15 is 0 Å². The van der Waals surface area contributed by atoms with E-state index in [-0.39, 0.29) is 11.3 Å². The Balaban J connectivity index is 3.28. The second kappa shape index (κ2) is 4.99. The summed E-state index contributed by atoms with van der Waals surface area (Å²) in [7, 11) is 0. The summed E-state index contributed by atoms with van der Waals surface area (Å²) in [6, 6.07) is 1.60. The van der Waals surface area contributed by atoms with Gasteiger partial charge in [-0.25, -0.2) is 14.8 Å². The van der Waals surface area contributed by atoms with Gasteiger partial charge in [0.25, 0.3) is 0 Å². The van der Waals surface area contributed by atoms with Gasteiger partial charge in [0.2, 0.25) is 0 Å². The zero-order valence-electron chi connectivity index (χ0n) is 7.68. The second-order valence-electron chi connectivity index (χ2n) is 2.29. The Morgan fingerprint density at radius 1 is 1.67 bits per heavy atom. The van der Waals surface area contributed by atoms with Crippen molar-refractivity contribution in [2.75, 3.05) is 6.26 Å². The predicted octanol–water partition coefficient (Wildman–Crippen LogP) is 0.772. The molecule has 0 saturated heterocycles. The smallest absolute Gasteiger partial charge is 0.355 e. The number of carbonyl (C=O) groups is 1. The fourth-order valence-corrected chi connectivity index (χ4v) is 1.15. The highest BCUT2D eigenvalue weighted by Crippen LogP contribution is 2.11. The maximum Gasteiger partial charge on any atom is 0.355 e. The highest BCUT2D eigenvalue weighted by molar-refractivity contribution is 7.98. The molecular weight excluding hydrogens is 214 g/mol. The SMILES string of the molecule is CSc1ncc(C#CC#N)c(C(=O)O)n1. The number of rotatable bonds is 2. The molecule has 15 heavy (non-hydrogen) atoms. The van der Waals surface area contributed by atoms with Crippen molar-refractivity contribution in [2.45, 2.75) is 5.16 Å². The third-order valence-electron chi connectivity index (χ3n) is 1.40. The lowest BCUT2D eigenvalue weighted by Crippen LogP contribution is -2.05. The van der Waals surface area contributed by atoms with Crippen molar-refractivity contribution in [3.05, 3.63) is 17.5 Å². The third kappa shape index (κ3) is 2.70. The van der Waals surface area contributed by atoms with Crippen molar-refractivity contribution < 1.29 is 9.90 Å². The molecule has 1 heterocycles. The van der Waals surface area contributed by atoms with Gasteiger partial charge in [-0.3, -0.25) is 0 Å². The normalized spacial score (nSPS) is 8.53. The van der Waals surface area contributed by atoms with Crippen LogP contribution in [0.15, 0.2) is 11.4 Å². The van der Waals surface area contributed by atoms with Gasteiger partial charge >= 0.3 is 5.97 Å². The van der Waals surface area contributed by atoms with Crippen LogP contribution in [0.3, 0.4) is 0 Å². The maximum absolute atomic E-state index is 10.8. The van der Waals surface area contributed by atoms with Gasteiger partial charge in [-0.1, -0.05) is 11.8 Å². The van der Waals surface area contributed by atoms with Crippen LogP contribution in [-0.2, 0) is 0 Å². The monoisotopic (exact) mass is 219 g/mol. The summed E-state index contributed by atoms with van der Waals surface area (Å²) in [5.41, 5.74) is -0.0426. The molecule has 1 aromatic heterocycles. The molecule has 0 aliphatic rings. The van der Waals surface area contributed by atoms with Crippen molar-refractivity contribution in [3.63, 3.8) is 0 Å². The summed E-state index contributed by atoms with van der Waals surface area (Å²) in [6.07, 6.45) is 3.04. The molecule has 0 aromatic carbocycles. The first-order chi connectivity index (χ1) is 7.19. The van der Waals surface area contributed by atoms with Crippen molar-refractivity contribution >= 4 is 17.7 Å². The number of carboxylic acid groups (broad SMARTS) is 1. The van der Waals surface area contributed by atoms with Gasteiger partial charge in [0.15, 0.2) is 16.9 Å². The molecule has 1 rings (SSSR count). The average Bonchev–Trinajstić information content (AvgIpc) is 2.26. The molecule has 6 heteroatoms. The van der Waals surface area contributed by atoms with Crippen LogP contribution in [0.25, 0.3) is 0 Å². The number of aromatic nitrogens is 2. The second-order valence-corrected chi connectivity index (χ2v) is 3.06. The van der Waals surface area contributed by atoms with Gasteiger partial charge in [0.1, 0.15) is 0 Å². The first-order valence-electron chi connectivity index (χ1n) is 3.73. The van der Waals surface area contributed by atoms with Gasteiger partial charge in [-0.15, -0.1) is 0 Å². The number of thioether (sulfide) groups is 1. The van der Waals surface area contributed by atoms with E-state index in [4.69, 9.17) is 10.4 Å². The molecule has 0 bridgehead atoms. The van der Waals surface area contributed by atoms with Crippen LogP contribution >= 0.6 is 11.8 Å². The summed E-state index contributed by atoms with van der Waals surface area (Å²) >= 11 is 1.23. The standard InChI is InChI=1S/C9H5N3O2S/c1-15-9-11-5-6(3-2-4-10)7(12-9)8(13)14/h5H,1H3,(H,13,14). The van der Waals surface area contributed by atoms with Crippen LogP contribution in [-0.4, -0.2) is 27.3 Å². The molecule has 0 amide bonds. The van der Waals surface area contributed by atoms with Gasteiger partial charge in [-0.05, 0) is 12.2 Å². The van der Waals surface area contributed by atoms with Crippen molar-refractivity contribution in [1.82, 2.24) is 9.97 Å². The zero-order chi connectivity index (χ0) is 11.3. The summed E-state index contributed by atoms with van der Waals surface area (Å²) in [6.45, 7) is 0. The Morgan fingerprint density at radius 3 is 2.93 bits per heavy atom. The minimum absolute atomic E-state index is 0.141. The Morgan fingerprint density at radius 2 is 2.40 bits per heavy atom. The lowest BCUT2D eigenvalue weighted by atomic mass is 10.2. The van der Waals surface area contributed by atoms with Crippen molar-refractivity contribution in [1.29, 1.82) is 5.26 Å². The first kappa shape index (κ1) is 11.0. The molecule has 0 spiro atoms. The molecule has 0 fully saturated rings. The number of hydrogen-bond acceptors (Lipinski definition) is 5. The minimum Gasteiger partial charge on any atom is -0.476 e. The van der Waals surface area contributed by atoms with E-state index in [1.54, 1.807) is 12.3 Å². The number of carboxylic acids is 1. The minimum atomic E-state index is -1.19. The first-order valence-corrected chi connectivity index (χ1v) is 4.96. The van der Waals surface area contributed by atoms with Crippen LogP contribution in [0.4, 0.5) is 0 Å². The molecule has 5 nitrogen and oxygen atoms in total. The molecule has 0 aliphatic heterocycles. The molecular formula is C9H5N3O2S. The van der Waals surface area contributed by atoms with Crippen LogP contribution in [0.5, 0.6) is 0 Å². The molecule has 0 aliphatic carbocycles. The average molecular weight is 219 g/mol. The maximum atomic E-state index is 10.8. The van der Waals surface area contributed by atoms with E-state index in [0.717, 1.165) is 0 Å². The molecule has 74 valence electrons. The Bertz CT molecular complexity index is 496. The molecule has 1 aromatic rings. The summed E-state index contributed by atoms with van der Waals surface area (Å²) < 4.78 is 0. The third-order valence-corrected chi connectivity index (χ3v) is 1.97. The Labute approximate surface area is 90.2 Å².